The molecule has 3 heteroatoms. The third-order valence-corrected chi connectivity index (χ3v) is 4.98. The summed E-state index contributed by atoms with van der Waals surface area (Å²) >= 11 is 1.67. The van der Waals surface area contributed by atoms with E-state index >= 15 is 0 Å². The van der Waals surface area contributed by atoms with Gasteiger partial charge >= 0.3 is 0 Å². The normalized spacial score (nSPS) is 14.4. The zero-order valence-corrected chi connectivity index (χ0v) is 12.6. The van der Waals surface area contributed by atoms with Gasteiger partial charge in [0.25, 0.3) is 5.91 Å². The molecular weight excluding hydrogens is 266 g/mol. The number of hydrogen-bond donors (Lipinski definition) is 1. The van der Waals surface area contributed by atoms with Crippen molar-refractivity contribution in [1.29, 1.82) is 0 Å². The number of thiophene rings is 1. The largest absolute Gasteiger partial charge is 0.321 e. The van der Waals surface area contributed by atoms with E-state index in [0.29, 0.717) is 0 Å². The van der Waals surface area contributed by atoms with Gasteiger partial charge in [0.15, 0.2) is 0 Å². The number of amides is 1. The predicted molar refractivity (Wildman–Crippen MR) is 84.7 cm³/mol. The van der Waals surface area contributed by atoms with Gasteiger partial charge in [-0.2, -0.15) is 0 Å². The van der Waals surface area contributed by atoms with Crippen LogP contribution >= 0.6 is 11.3 Å². The molecule has 20 heavy (non-hydrogen) atoms. The van der Waals surface area contributed by atoms with E-state index in [9.17, 15) is 4.79 Å². The Labute approximate surface area is 123 Å². The third-order valence-electron chi connectivity index (χ3n) is 3.75. The van der Waals surface area contributed by atoms with Crippen molar-refractivity contribution in [3.8, 4) is 0 Å². The molecule has 1 aromatic carbocycles. The first-order valence-electron chi connectivity index (χ1n) is 7.22. The molecule has 0 aliphatic heterocycles. The SMILES string of the molecule is Cc1cccc(NC(=O)c2cc3c(s2)CCCCC3)c1. The van der Waals surface area contributed by atoms with Gasteiger partial charge in [0.2, 0.25) is 0 Å². The fraction of sp³-hybridized carbons (Fsp3) is 0.353. The molecule has 1 heterocycles. The summed E-state index contributed by atoms with van der Waals surface area (Å²) < 4.78 is 0. The van der Waals surface area contributed by atoms with E-state index in [1.807, 2.05) is 31.2 Å². The quantitative estimate of drug-likeness (QED) is 0.804. The highest BCUT2D eigenvalue weighted by molar-refractivity contribution is 7.14. The standard InChI is InChI=1S/C17H19NOS/c1-12-6-5-8-14(10-12)18-17(19)16-11-13-7-3-2-4-9-15(13)20-16/h5-6,8,10-11H,2-4,7,9H2,1H3,(H,18,19). The third kappa shape index (κ3) is 2.93. The van der Waals surface area contributed by atoms with Crippen LogP contribution in [0, 0.1) is 6.92 Å². The lowest BCUT2D eigenvalue weighted by molar-refractivity contribution is 0.103. The maximum atomic E-state index is 12.3. The predicted octanol–water partition coefficient (Wildman–Crippen LogP) is 4.58. The molecule has 0 bridgehead atoms. The van der Waals surface area contributed by atoms with Gasteiger partial charge in [-0.15, -0.1) is 11.3 Å². The number of carbonyl (C=O) groups is 1. The number of anilines is 1. The van der Waals surface area contributed by atoms with Crippen LogP contribution in [0.2, 0.25) is 0 Å². The molecule has 1 aliphatic carbocycles. The van der Waals surface area contributed by atoms with Gasteiger partial charge in [-0.25, -0.2) is 0 Å². The van der Waals surface area contributed by atoms with Gasteiger partial charge in [-0.1, -0.05) is 18.6 Å². The summed E-state index contributed by atoms with van der Waals surface area (Å²) in [6.45, 7) is 2.03. The molecule has 0 spiro atoms. The minimum atomic E-state index is 0.0219. The van der Waals surface area contributed by atoms with Gasteiger partial charge in [-0.05, 0) is 61.9 Å². The van der Waals surface area contributed by atoms with E-state index in [1.165, 1.54) is 29.7 Å². The minimum Gasteiger partial charge on any atom is -0.321 e. The number of carbonyl (C=O) groups excluding carboxylic acids is 1. The van der Waals surface area contributed by atoms with Crippen LogP contribution in [-0.2, 0) is 12.8 Å². The molecule has 2 aromatic rings. The van der Waals surface area contributed by atoms with Crippen molar-refractivity contribution in [3.63, 3.8) is 0 Å². The van der Waals surface area contributed by atoms with E-state index in [2.05, 4.69) is 11.4 Å². The zero-order valence-electron chi connectivity index (χ0n) is 11.7. The first-order chi connectivity index (χ1) is 9.72. The molecule has 1 aromatic heterocycles. The van der Waals surface area contributed by atoms with Crippen LogP contribution in [-0.4, -0.2) is 5.91 Å². The number of hydrogen-bond acceptors (Lipinski definition) is 2. The summed E-state index contributed by atoms with van der Waals surface area (Å²) in [6.07, 6.45) is 6.09. The van der Waals surface area contributed by atoms with Crippen molar-refractivity contribution in [3.05, 3.63) is 51.2 Å². The number of rotatable bonds is 2. The van der Waals surface area contributed by atoms with Crippen molar-refractivity contribution in [1.82, 2.24) is 0 Å². The zero-order chi connectivity index (χ0) is 13.9. The summed E-state index contributed by atoms with van der Waals surface area (Å²) in [7, 11) is 0. The molecule has 1 N–H and O–H groups in total. The highest BCUT2D eigenvalue weighted by Crippen LogP contribution is 2.29. The maximum absolute atomic E-state index is 12.3. The summed E-state index contributed by atoms with van der Waals surface area (Å²) in [6, 6.07) is 10.0. The number of nitrogens with one attached hydrogen (secondary N) is 1. The average molecular weight is 285 g/mol. The fourth-order valence-corrected chi connectivity index (χ4v) is 3.84. The summed E-state index contributed by atoms with van der Waals surface area (Å²) in [5.74, 6) is 0.0219. The van der Waals surface area contributed by atoms with Crippen molar-refractivity contribution >= 4 is 22.9 Å². The molecule has 0 atom stereocenters. The second kappa shape index (κ2) is 5.80. The topological polar surface area (TPSA) is 29.1 Å². The summed E-state index contributed by atoms with van der Waals surface area (Å²) in [5.41, 5.74) is 3.42. The number of fused-ring (bicyclic) bond motifs is 1. The van der Waals surface area contributed by atoms with Crippen molar-refractivity contribution in [2.24, 2.45) is 0 Å². The molecule has 3 rings (SSSR count). The Morgan fingerprint density at radius 1 is 1.15 bits per heavy atom. The van der Waals surface area contributed by atoms with E-state index in [4.69, 9.17) is 0 Å². The van der Waals surface area contributed by atoms with Crippen LogP contribution in [0.1, 0.15) is 44.9 Å². The molecule has 0 radical (unpaired) electrons. The molecule has 0 fully saturated rings. The second-order valence-electron chi connectivity index (χ2n) is 5.44. The summed E-state index contributed by atoms with van der Waals surface area (Å²) in [5, 5.41) is 3.00. The van der Waals surface area contributed by atoms with Crippen molar-refractivity contribution in [2.75, 3.05) is 5.32 Å². The number of benzene rings is 1. The Balaban J connectivity index is 1.77. The highest BCUT2D eigenvalue weighted by atomic mass is 32.1. The molecule has 0 unspecified atom stereocenters. The Kier molecular flexibility index (Phi) is 3.88. The lowest BCUT2D eigenvalue weighted by atomic mass is 10.1. The van der Waals surface area contributed by atoms with Crippen LogP contribution < -0.4 is 5.32 Å². The second-order valence-corrected chi connectivity index (χ2v) is 6.58. The van der Waals surface area contributed by atoms with Crippen molar-refractivity contribution < 1.29 is 4.79 Å². The smallest absolute Gasteiger partial charge is 0.265 e. The van der Waals surface area contributed by atoms with Crippen LogP contribution in [0.3, 0.4) is 0 Å². The van der Waals surface area contributed by atoms with E-state index < -0.39 is 0 Å². The van der Waals surface area contributed by atoms with Crippen LogP contribution in [0.25, 0.3) is 0 Å². The van der Waals surface area contributed by atoms with Gasteiger partial charge in [0.05, 0.1) is 4.88 Å². The molecule has 1 aliphatic rings. The average Bonchev–Trinajstić information content (AvgIpc) is 2.70. The first kappa shape index (κ1) is 13.4. The Morgan fingerprint density at radius 2 is 2.00 bits per heavy atom. The van der Waals surface area contributed by atoms with E-state index in [0.717, 1.165) is 29.0 Å². The Morgan fingerprint density at radius 3 is 2.85 bits per heavy atom. The van der Waals surface area contributed by atoms with Gasteiger partial charge in [0.1, 0.15) is 0 Å². The lowest BCUT2D eigenvalue weighted by Gasteiger charge is -2.04. The summed E-state index contributed by atoms with van der Waals surface area (Å²) in [4.78, 5) is 14.6. The lowest BCUT2D eigenvalue weighted by Crippen LogP contribution is -2.10. The maximum Gasteiger partial charge on any atom is 0.265 e. The van der Waals surface area contributed by atoms with Crippen LogP contribution in [0.4, 0.5) is 5.69 Å². The van der Waals surface area contributed by atoms with Crippen LogP contribution in [0.15, 0.2) is 30.3 Å². The Hall–Kier alpha value is -1.61. The number of aryl methyl sites for hydroxylation is 3. The van der Waals surface area contributed by atoms with Crippen LogP contribution in [0.5, 0.6) is 0 Å². The van der Waals surface area contributed by atoms with Gasteiger partial charge in [0, 0.05) is 10.6 Å². The van der Waals surface area contributed by atoms with E-state index in [1.54, 1.807) is 11.3 Å². The first-order valence-corrected chi connectivity index (χ1v) is 8.03. The van der Waals surface area contributed by atoms with Crippen molar-refractivity contribution in [2.45, 2.75) is 39.0 Å². The van der Waals surface area contributed by atoms with Gasteiger partial charge in [-0.3, -0.25) is 4.79 Å². The molecule has 2 nitrogen and oxygen atoms in total. The molecule has 104 valence electrons. The monoisotopic (exact) mass is 285 g/mol. The van der Waals surface area contributed by atoms with Gasteiger partial charge < -0.3 is 5.32 Å². The minimum absolute atomic E-state index is 0.0219. The molecule has 0 saturated heterocycles. The molecule has 0 saturated carbocycles. The fourth-order valence-electron chi connectivity index (χ4n) is 2.69. The Bertz CT molecular complexity index is 606. The molecular formula is C17H19NOS. The van der Waals surface area contributed by atoms with E-state index in [-0.39, 0.29) is 5.91 Å². The molecule has 1 amide bonds. The highest BCUT2D eigenvalue weighted by Gasteiger charge is 2.16.